The molecule has 3 heterocycles. The highest BCUT2D eigenvalue weighted by Crippen LogP contribution is 2.46. The van der Waals surface area contributed by atoms with Crippen molar-refractivity contribution < 1.29 is 9.53 Å². The molecule has 0 fully saturated rings. The van der Waals surface area contributed by atoms with Gasteiger partial charge < -0.3 is 15.4 Å². The summed E-state index contributed by atoms with van der Waals surface area (Å²) < 4.78 is 5.59. The Morgan fingerprint density at radius 3 is 3.00 bits per heavy atom. The first-order valence-electron chi connectivity index (χ1n) is 10.3. The van der Waals surface area contributed by atoms with Crippen molar-refractivity contribution in [3.8, 4) is 5.75 Å². The molecule has 4 aromatic rings. The third kappa shape index (κ3) is 3.11. The van der Waals surface area contributed by atoms with E-state index in [-0.39, 0.29) is 11.3 Å². The minimum absolute atomic E-state index is 0.126. The number of hydrogen-bond acceptors (Lipinski definition) is 7. The number of nitrogens with zero attached hydrogens (tertiary/aromatic N) is 3. The molecule has 0 radical (unpaired) electrons. The normalized spacial score (nSPS) is 18.2. The lowest BCUT2D eigenvalue weighted by molar-refractivity contribution is -0.131. The molecule has 8 nitrogen and oxygen atoms in total. The Bertz CT molecular complexity index is 1300. The van der Waals surface area contributed by atoms with E-state index < -0.39 is 0 Å². The number of H-pyrrole nitrogens is 1. The van der Waals surface area contributed by atoms with Crippen LogP contribution in [0.25, 0.3) is 21.1 Å². The molecule has 0 saturated carbocycles. The van der Waals surface area contributed by atoms with E-state index in [0.29, 0.717) is 5.75 Å². The van der Waals surface area contributed by atoms with Crippen molar-refractivity contribution >= 4 is 49.9 Å². The number of carbonyl (C=O) groups is 1. The molecule has 0 aliphatic heterocycles. The van der Waals surface area contributed by atoms with Gasteiger partial charge in [0.05, 0.1) is 35.3 Å². The van der Waals surface area contributed by atoms with Crippen molar-refractivity contribution in [1.82, 2.24) is 25.5 Å². The molecule has 1 aromatic carbocycles. The number of aromatic amines is 1. The van der Waals surface area contributed by atoms with Gasteiger partial charge in [0.2, 0.25) is 5.91 Å². The number of nitrogens with one attached hydrogen (secondary N) is 3. The molecule has 160 valence electrons. The number of fused-ring (bicyclic) bond motifs is 4. The molecule has 0 unspecified atom stereocenters. The Labute approximate surface area is 183 Å². The molecular formula is C22H24N6O2S. The molecule has 0 bridgehead atoms. The molecule has 5 rings (SSSR count). The Balaban J connectivity index is 1.58. The maximum Gasteiger partial charge on any atom is 0.226 e. The third-order valence-electron chi connectivity index (χ3n) is 6.42. The minimum atomic E-state index is -0.348. The fraction of sp³-hybridized carbons (Fsp3) is 0.364. The predicted molar refractivity (Wildman–Crippen MR) is 122 cm³/mol. The molecule has 1 aliphatic rings. The zero-order valence-electron chi connectivity index (χ0n) is 17.7. The van der Waals surface area contributed by atoms with Crippen LogP contribution in [0.4, 0.5) is 11.5 Å². The molecule has 1 amide bonds. The summed E-state index contributed by atoms with van der Waals surface area (Å²) in [5.74, 6) is 1.59. The van der Waals surface area contributed by atoms with Crippen molar-refractivity contribution in [2.24, 2.45) is 5.41 Å². The molecule has 3 N–H and O–H groups in total. The van der Waals surface area contributed by atoms with Gasteiger partial charge in [-0.3, -0.25) is 9.89 Å². The maximum atomic E-state index is 12.6. The highest BCUT2D eigenvalue weighted by Gasteiger charge is 2.41. The molecule has 3 aromatic heterocycles. The summed E-state index contributed by atoms with van der Waals surface area (Å²) in [6, 6.07) is 3.92. The molecular weight excluding hydrogens is 412 g/mol. The van der Waals surface area contributed by atoms with Crippen LogP contribution in [-0.2, 0) is 17.6 Å². The first-order chi connectivity index (χ1) is 15.1. The van der Waals surface area contributed by atoms with Crippen molar-refractivity contribution in [1.29, 1.82) is 0 Å². The van der Waals surface area contributed by atoms with Crippen LogP contribution in [0, 0.1) is 5.41 Å². The van der Waals surface area contributed by atoms with Crippen molar-refractivity contribution in [2.45, 2.75) is 32.6 Å². The first-order valence-corrected chi connectivity index (χ1v) is 11.2. The number of aromatic nitrogens is 4. The fourth-order valence-electron chi connectivity index (χ4n) is 4.59. The first kappa shape index (κ1) is 19.7. The van der Waals surface area contributed by atoms with Gasteiger partial charge in [-0.05, 0) is 37.3 Å². The van der Waals surface area contributed by atoms with Crippen molar-refractivity contribution in [2.75, 3.05) is 19.5 Å². The monoisotopic (exact) mass is 436 g/mol. The van der Waals surface area contributed by atoms with Gasteiger partial charge in [0.15, 0.2) is 0 Å². The molecule has 0 saturated heterocycles. The second kappa shape index (κ2) is 7.49. The zero-order valence-corrected chi connectivity index (χ0v) is 18.5. The number of benzene rings is 1. The Morgan fingerprint density at radius 2 is 2.23 bits per heavy atom. The van der Waals surface area contributed by atoms with Gasteiger partial charge in [0.25, 0.3) is 0 Å². The predicted octanol–water partition coefficient (Wildman–Crippen LogP) is 3.95. The van der Waals surface area contributed by atoms with Crippen molar-refractivity contribution in [3.05, 3.63) is 35.1 Å². The van der Waals surface area contributed by atoms with Gasteiger partial charge in [-0.15, -0.1) is 11.3 Å². The lowest BCUT2D eigenvalue weighted by Gasteiger charge is -2.34. The summed E-state index contributed by atoms with van der Waals surface area (Å²) >= 11 is 1.67. The van der Waals surface area contributed by atoms with E-state index in [1.54, 1.807) is 38.0 Å². The minimum Gasteiger partial charge on any atom is -0.494 e. The average molecular weight is 437 g/mol. The average Bonchev–Trinajstić information content (AvgIpc) is 3.41. The highest BCUT2D eigenvalue weighted by molar-refractivity contribution is 7.19. The molecule has 0 spiro atoms. The topological polar surface area (TPSA) is 105 Å². The van der Waals surface area contributed by atoms with Crippen LogP contribution >= 0.6 is 11.3 Å². The molecule has 1 atom stereocenters. The lowest BCUT2D eigenvalue weighted by atomic mass is 9.71. The number of amides is 1. The second-order valence-electron chi connectivity index (χ2n) is 7.93. The quantitative estimate of drug-likeness (QED) is 0.438. The number of ether oxygens (including phenoxy) is 1. The number of aryl methyl sites for hydroxylation is 1. The number of hydrogen-bond donors (Lipinski definition) is 3. The third-order valence-corrected chi connectivity index (χ3v) is 7.56. The SMILES string of the molecule is CC[C@]1(C(=O)NC)CCc2c(sc3ncnc(Nc4cc5cn[nH]c5cc4OC)c23)C1. The van der Waals surface area contributed by atoms with Crippen molar-refractivity contribution in [3.63, 3.8) is 0 Å². The van der Waals surface area contributed by atoms with Gasteiger partial charge in [-0.2, -0.15) is 5.10 Å². The summed E-state index contributed by atoms with van der Waals surface area (Å²) in [5, 5.41) is 15.4. The van der Waals surface area contributed by atoms with Gasteiger partial charge in [0.1, 0.15) is 22.7 Å². The van der Waals surface area contributed by atoms with Crippen LogP contribution in [0.2, 0.25) is 0 Å². The lowest BCUT2D eigenvalue weighted by Crippen LogP contribution is -2.42. The van der Waals surface area contributed by atoms with Crippen LogP contribution in [0.1, 0.15) is 30.2 Å². The van der Waals surface area contributed by atoms with Crippen LogP contribution in [0.5, 0.6) is 5.75 Å². The molecule has 31 heavy (non-hydrogen) atoms. The summed E-state index contributed by atoms with van der Waals surface area (Å²) in [6.07, 6.45) is 6.58. The Morgan fingerprint density at radius 1 is 1.35 bits per heavy atom. The standard InChI is InChI=1S/C22H24N6O2S/c1-4-22(21(29)23-2)6-5-13-17(9-22)31-20-18(13)19(24-11-25-20)27-15-7-12-10-26-28-14(12)8-16(15)30-3/h7-8,10-11H,4-6,9H2,1-3H3,(H,23,29)(H,26,28)(H,24,25,27)/t22-/m0/s1. The number of rotatable bonds is 5. The molecule has 9 heteroatoms. The summed E-state index contributed by atoms with van der Waals surface area (Å²) in [7, 11) is 3.37. The summed E-state index contributed by atoms with van der Waals surface area (Å²) in [4.78, 5) is 23.9. The van der Waals surface area contributed by atoms with E-state index in [2.05, 4.69) is 37.7 Å². The smallest absolute Gasteiger partial charge is 0.226 e. The number of thiophene rings is 1. The second-order valence-corrected chi connectivity index (χ2v) is 9.01. The fourth-order valence-corrected chi connectivity index (χ4v) is 5.92. The zero-order chi connectivity index (χ0) is 21.6. The maximum absolute atomic E-state index is 12.6. The van der Waals surface area contributed by atoms with Crippen LogP contribution in [-0.4, -0.2) is 40.2 Å². The number of methoxy groups -OCH3 is 1. The summed E-state index contributed by atoms with van der Waals surface area (Å²) in [6.45, 7) is 2.10. The van der Waals surface area contributed by atoms with Gasteiger partial charge in [0, 0.05) is 23.4 Å². The Kier molecular flexibility index (Phi) is 4.77. The number of anilines is 2. The van der Waals surface area contributed by atoms with E-state index in [1.807, 2.05) is 12.1 Å². The Hall–Kier alpha value is -3.20. The van der Waals surface area contributed by atoms with E-state index in [0.717, 1.165) is 58.3 Å². The van der Waals surface area contributed by atoms with Crippen LogP contribution < -0.4 is 15.4 Å². The largest absolute Gasteiger partial charge is 0.494 e. The summed E-state index contributed by atoms with van der Waals surface area (Å²) in [5.41, 5.74) is 2.63. The van der Waals surface area contributed by atoms with E-state index in [4.69, 9.17) is 4.74 Å². The number of carbonyl (C=O) groups excluding carboxylic acids is 1. The van der Waals surface area contributed by atoms with Gasteiger partial charge >= 0.3 is 0 Å². The van der Waals surface area contributed by atoms with E-state index >= 15 is 0 Å². The van der Waals surface area contributed by atoms with Gasteiger partial charge in [-0.1, -0.05) is 6.92 Å². The van der Waals surface area contributed by atoms with E-state index in [9.17, 15) is 4.79 Å². The van der Waals surface area contributed by atoms with Gasteiger partial charge in [-0.25, -0.2) is 9.97 Å². The highest BCUT2D eigenvalue weighted by atomic mass is 32.1. The molecule has 1 aliphatic carbocycles. The van der Waals surface area contributed by atoms with E-state index in [1.165, 1.54) is 10.4 Å². The van der Waals surface area contributed by atoms with Crippen LogP contribution in [0.3, 0.4) is 0 Å². The van der Waals surface area contributed by atoms with Crippen LogP contribution in [0.15, 0.2) is 24.7 Å².